The SMILES string of the molecule is B.CC(=O)CC(=O)O.[Co]. The summed E-state index contributed by atoms with van der Waals surface area (Å²) in [5.41, 5.74) is 0. The number of rotatable bonds is 2. The number of carbonyl (C=O) groups excluding carboxylic acids is 1. The molecule has 0 rings (SSSR count). The minimum absolute atomic E-state index is 0. The summed E-state index contributed by atoms with van der Waals surface area (Å²) >= 11 is 0. The van der Waals surface area contributed by atoms with Gasteiger partial charge in [-0.1, -0.05) is 0 Å². The normalized spacial score (nSPS) is 6.33. The molecule has 3 nitrogen and oxygen atoms in total. The summed E-state index contributed by atoms with van der Waals surface area (Å²) in [6, 6.07) is 0. The molecule has 0 amide bonds. The summed E-state index contributed by atoms with van der Waals surface area (Å²) in [6.45, 7) is 1.24. The zero-order valence-electron chi connectivity index (χ0n) is 4.30. The molecule has 0 heterocycles. The molecule has 1 radical (unpaired) electrons. The van der Waals surface area contributed by atoms with Crippen molar-refractivity contribution in [3.05, 3.63) is 0 Å². The van der Waals surface area contributed by atoms with Gasteiger partial charge in [0.15, 0.2) is 0 Å². The van der Waals surface area contributed by atoms with Crippen LogP contribution in [0.2, 0.25) is 0 Å². The molecule has 0 aliphatic rings. The average molecular weight is 175 g/mol. The van der Waals surface area contributed by atoms with Crippen molar-refractivity contribution in [1.82, 2.24) is 0 Å². The van der Waals surface area contributed by atoms with Crippen LogP contribution in [0, 0.1) is 0 Å². The van der Waals surface area contributed by atoms with E-state index in [0.29, 0.717) is 0 Å². The van der Waals surface area contributed by atoms with E-state index in [2.05, 4.69) is 0 Å². The zero-order chi connectivity index (χ0) is 5.86. The van der Waals surface area contributed by atoms with E-state index in [4.69, 9.17) is 5.11 Å². The molecule has 0 aromatic heterocycles. The van der Waals surface area contributed by atoms with E-state index in [1.807, 2.05) is 0 Å². The van der Waals surface area contributed by atoms with E-state index < -0.39 is 5.97 Å². The summed E-state index contributed by atoms with van der Waals surface area (Å²) in [7, 11) is 0. The van der Waals surface area contributed by atoms with Crippen molar-refractivity contribution in [3.8, 4) is 0 Å². The zero-order valence-corrected chi connectivity index (χ0v) is 5.35. The Morgan fingerprint density at radius 3 is 1.78 bits per heavy atom. The van der Waals surface area contributed by atoms with Gasteiger partial charge in [-0.05, 0) is 6.92 Å². The average Bonchev–Trinajstić information content (AvgIpc) is 1.27. The van der Waals surface area contributed by atoms with Gasteiger partial charge in [-0.2, -0.15) is 0 Å². The number of Topliss-reactive ketones (excluding diaryl/α,β-unsaturated/α-hetero) is 1. The van der Waals surface area contributed by atoms with Crippen LogP contribution in [0.4, 0.5) is 0 Å². The van der Waals surface area contributed by atoms with Crippen molar-refractivity contribution in [3.63, 3.8) is 0 Å². The van der Waals surface area contributed by atoms with Crippen LogP contribution in [0.5, 0.6) is 0 Å². The first-order valence-corrected chi connectivity index (χ1v) is 1.84. The van der Waals surface area contributed by atoms with E-state index in [1.54, 1.807) is 0 Å². The van der Waals surface area contributed by atoms with Gasteiger partial charge in [-0.3, -0.25) is 9.59 Å². The molecule has 9 heavy (non-hydrogen) atoms. The number of aliphatic carboxylic acids is 1. The molecular weight excluding hydrogens is 166 g/mol. The molecule has 0 spiro atoms. The Bertz CT molecular complexity index is 92.0. The molecule has 0 atom stereocenters. The molecule has 0 saturated heterocycles. The third-order valence-corrected chi connectivity index (χ3v) is 0.400. The summed E-state index contributed by atoms with van der Waals surface area (Å²) in [5, 5.41) is 7.86. The Balaban J connectivity index is -0.000000180. The molecule has 0 unspecified atom stereocenters. The van der Waals surface area contributed by atoms with E-state index >= 15 is 0 Å². The molecule has 0 aromatic rings. The van der Waals surface area contributed by atoms with Crippen molar-refractivity contribution >= 4 is 20.2 Å². The quantitative estimate of drug-likeness (QED) is 0.426. The van der Waals surface area contributed by atoms with E-state index in [-0.39, 0.29) is 37.4 Å². The number of hydrogen-bond acceptors (Lipinski definition) is 2. The minimum Gasteiger partial charge on any atom is -0.481 e. The van der Waals surface area contributed by atoms with Gasteiger partial charge in [0.05, 0.1) is 8.41 Å². The van der Waals surface area contributed by atoms with Gasteiger partial charge in [0.25, 0.3) is 0 Å². The fourth-order valence-electron chi connectivity index (χ4n) is 0.213. The maximum absolute atomic E-state index is 9.87. The van der Waals surface area contributed by atoms with Crippen molar-refractivity contribution in [1.29, 1.82) is 0 Å². The van der Waals surface area contributed by atoms with Crippen LogP contribution in [-0.4, -0.2) is 25.3 Å². The molecule has 0 aliphatic carbocycles. The topological polar surface area (TPSA) is 54.4 Å². The molecule has 1 N–H and O–H groups in total. The van der Waals surface area contributed by atoms with Gasteiger partial charge in [-0.15, -0.1) is 0 Å². The van der Waals surface area contributed by atoms with Crippen LogP contribution in [0.25, 0.3) is 0 Å². The molecular formula is C4H9BCoO3. The van der Waals surface area contributed by atoms with Crippen LogP contribution >= 0.6 is 0 Å². The molecule has 5 heteroatoms. The number of carbonyl (C=O) groups is 2. The van der Waals surface area contributed by atoms with Crippen LogP contribution in [0.1, 0.15) is 13.3 Å². The van der Waals surface area contributed by atoms with Gasteiger partial charge in [0, 0.05) is 16.8 Å². The Kier molecular flexibility index (Phi) is 13.6. The van der Waals surface area contributed by atoms with E-state index in [0.717, 1.165) is 0 Å². The summed E-state index contributed by atoms with van der Waals surface area (Å²) in [5.74, 6) is -1.37. The Labute approximate surface area is 65.6 Å². The Morgan fingerprint density at radius 1 is 1.44 bits per heavy atom. The van der Waals surface area contributed by atoms with Gasteiger partial charge < -0.3 is 5.11 Å². The largest absolute Gasteiger partial charge is 0.481 e. The molecule has 55 valence electrons. The Morgan fingerprint density at radius 2 is 1.78 bits per heavy atom. The first kappa shape index (κ1) is 15.9. The predicted octanol–water partition coefficient (Wildman–Crippen LogP) is -1.14. The predicted molar refractivity (Wildman–Crippen MR) is 32.9 cm³/mol. The van der Waals surface area contributed by atoms with Crippen molar-refractivity contribution < 1.29 is 31.5 Å². The third kappa shape index (κ3) is 18.3. The van der Waals surface area contributed by atoms with Crippen molar-refractivity contribution in [2.45, 2.75) is 13.3 Å². The standard InChI is InChI=1S/C4H6O3.BH3.Co/c1-3(5)2-4(6)7;;/h2H2,1H3,(H,6,7);1H3;. The monoisotopic (exact) mass is 175 g/mol. The van der Waals surface area contributed by atoms with E-state index in [9.17, 15) is 9.59 Å². The summed E-state index contributed by atoms with van der Waals surface area (Å²) < 4.78 is 0. The minimum atomic E-state index is -1.06. The van der Waals surface area contributed by atoms with E-state index in [1.165, 1.54) is 6.92 Å². The molecule has 0 saturated carbocycles. The summed E-state index contributed by atoms with van der Waals surface area (Å²) in [4.78, 5) is 19.5. The van der Waals surface area contributed by atoms with Crippen molar-refractivity contribution in [2.75, 3.05) is 0 Å². The Hall–Kier alpha value is -0.289. The second-order valence-corrected chi connectivity index (χ2v) is 1.27. The fourth-order valence-corrected chi connectivity index (χ4v) is 0.213. The van der Waals surface area contributed by atoms with Gasteiger partial charge in [0.2, 0.25) is 0 Å². The second-order valence-electron chi connectivity index (χ2n) is 1.27. The first-order chi connectivity index (χ1) is 3.13. The third-order valence-electron chi connectivity index (χ3n) is 0.400. The van der Waals surface area contributed by atoms with Crippen LogP contribution < -0.4 is 0 Å². The maximum Gasteiger partial charge on any atom is 0.310 e. The number of carboxylic acids is 1. The number of hydrogen-bond donors (Lipinski definition) is 1. The second kappa shape index (κ2) is 7.71. The number of carboxylic acid groups (broad SMARTS) is 1. The molecule has 0 aliphatic heterocycles. The molecule has 0 fully saturated rings. The number of ketones is 1. The van der Waals surface area contributed by atoms with Gasteiger partial charge in [-0.25, -0.2) is 0 Å². The first-order valence-electron chi connectivity index (χ1n) is 1.84. The van der Waals surface area contributed by atoms with Crippen molar-refractivity contribution in [2.24, 2.45) is 0 Å². The van der Waals surface area contributed by atoms with Gasteiger partial charge >= 0.3 is 5.97 Å². The van der Waals surface area contributed by atoms with Gasteiger partial charge in [0.1, 0.15) is 12.2 Å². The maximum atomic E-state index is 9.87. The molecule has 0 aromatic carbocycles. The molecule has 0 bridgehead atoms. The van der Waals surface area contributed by atoms with Crippen LogP contribution in [0.15, 0.2) is 0 Å². The van der Waals surface area contributed by atoms with Crippen LogP contribution in [0.3, 0.4) is 0 Å². The fraction of sp³-hybridized carbons (Fsp3) is 0.500. The summed E-state index contributed by atoms with van der Waals surface area (Å²) in [6.07, 6.45) is -0.361. The smallest absolute Gasteiger partial charge is 0.310 e. The van der Waals surface area contributed by atoms with Crippen LogP contribution in [-0.2, 0) is 26.4 Å².